The second-order valence-corrected chi connectivity index (χ2v) is 5.10. The van der Waals surface area contributed by atoms with E-state index in [4.69, 9.17) is 10.2 Å². The fourth-order valence-electron chi connectivity index (χ4n) is 2.47. The third-order valence-electron chi connectivity index (χ3n) is 3.51. The van der Waals surface area contributed by atoms with Crippen LogP contribution in [0, 0.1) is 20.8 Å². The molecule has 0 aliphatic heterocycles. The van der Waals surface area contributed by atoms with Crippen LogP contribution in [0.4, 0.5) is 5.69 Å². The highest BCUT2D eigenvalue weighted by Crippen LogP contribution is 2.29. The summed E-state index contributed by atoms with van der Waals surface area (Å²) in [4.78, 5) is 2.19. The third-order valence-corrected chi connectivity index (χ3v) is 3.51. The van der Waals surface area contributed by atoms with Crippen molar-refractivity contribution in [1.29, 1.82) is 0 Å². The van der Waals surface area contributed by atoms with Crippen LogP contribution in [0.1, 0.15) is 28.7 Å². The first kappa shape index (κ1) is 13.7. The van der Waals surface area contributed by atoms with Crippen LogP contribution in [-0.2, 0) is 0 Å². The molecule has 0 aliphatic rings. The number of nitrogens with zero attached hydrogens (tertiary/aromatic N) is 1. The smallest absolute Gasteiger partial charge is 0.127 e. The average Bonchev–Trinajstić information content (AvgIpc) is 2.76. The number of likely N-dealkylation sites (N-methyl/N-ethyl adjacent to an activating group) is 1. The van der Waals surface area contributed by atoms with E-state index in [1.165, 1.54) is 16.8 Å². The zero-order chi connectivity index (χ0) is 14.0. The molecule has 102 valence electrons. The Kier molecular flexibility index (Phi) is 3.96. The van der Waals surface area contributed by atoms with Crippen LogP contribution in [-0.4, -0.2) is 13.6 Å². The van der Waals surface area contributed by atoms with E-state index in [1.54, 1.807) is 0 Å². The highest BCUT2D eigenvalue weighted by molar-refractivity contribution is 5.55. The summed E-state index contributed by atoms with van der Waals surface area (Å²) >= 11 is 0. The largest absolute Gasteiger partial charge is 0.464 e. The van der Waals surface area contributed by atoms with Crippen LogP contribution in [0.3, 0.4) is 0 Å². The number of hydrogen-bond donors (Lipinski definition) is 1. The van der Waals surface area contributed by atoms with Crippen molar-refractivity contribution in [3.8, 4) is 0 Å². The summed E-state index contributed by atoms with van der Waals surface area (Å²) < 4.78 is 5.72. The van der Waals surface area contributed by atoms with Gasteiger partial charge in [-0.1, -0.05) is 17.7 Å². The summed E-state index contributed by atoms with van der Waals surface area (Å²) in [7, 11) is 2.06. The van der Waals surface area contributed by atoms with E-state index in [0.29, 0.717) is 6.54 Å². The van der Waals surface area contributed by atoms with Crippen molar-refractivity contribution >= 4 is 5.69 Å². The number of furan rings is 1. The maximum atomic E-state index is 5.93. The van der Waals surface area contributed by atoms with Crippen LogP contribution in [0.2, 0.25) is 0 Å². The minimum absolute atomic E-state index is 0.0649. The Bertz CT molecular complexity index is 560. The standard InChI is InChI=1S/C16H22N2O/c1-11-5-7-14(12(2)9-11)18(4)15(10-17)16-8-6-13(3)19-16/h5-9,15H,10,17H2,1-4H3. The Morgan fingerprint density at radius 1 is 1.16 bits per heavy atom. The summed E-state index contributed by atoms with van der Waals surface area (Å²) in [5.74, 6) is 1.84. The molecule has 3 nitrogen and oxygen atoms in total. The van der Waals surface area contributed by atoms with Gasteiger partial charge in [-0.3, -0.25) is 0 Å². The van der Waals surface area contributed by atoms with E-state index in [9.17, 15) is 0 Å². The Balaban J connectivity index is 2.32. The van der Waals surface area contributed by atoms with Crippen LogP contribution < -0.4 is 10.6 Å². The summed E-state index contributed by atoms with van der Waals surface area (Å²) in [6, 6.07) is 10.5. The number of rotatable bonds is 4. The lowest BCUT2D eigenvalue weighted by atomic mass is 10.1. The summed E-state index contributed by atoms with van der Waals surface area (Å²) in [6.07, 6.45) is 0. The topological polar surface area (TPSA) is 42.4 Å². The zero-order valence-electron chi connectivity index (χ0n) is 12.1. The maximum absolute atomic E-state index is 5.93. The third kappa shape index (κ3) is 2.82. The summed E-state index contributed by atoms with van der Waals surface area (Å²) in [5, 5.41) is 0. The lowest BCUT2D eigenvalue weighted by Crippen LogP contribution is -2.30. The van der Waals surface area contributed by atoms with E-state index in [1.807, 2.05) is 19.1 Å². The van der Waals surface area contributed by atoms with E-state index >= 15 is 0 Å². The van der Waals surface area contributed by atoms with Gasteiger partial charge in [0.1, 0.15) is 11.5 Å². The fourth-order valence-corrected chi connectivity index (χ4v) is 2.47. The monoisotopic (exact) mass is 258 g/mol. The molecule has 2 rings (SSSR count). The molecule has 1 aromatic heterocycles. The van der Waals surface area contributed by atoms with Gasteiger partial charge in [0.2, 0.25) is 0 Å². The van der Waals surface area contributed by atoms with E-state index in [2.05, 4.69) is 44.0 Å². The Morgan fingerprint density at radius 2 is 1.89 bits per heavy atom. The molecular weight excluding hydrogens is 236 g/mol. The molecule has 0 saturated heterocycles. The lowest BCUT2D eigenvalue weighted by Gasteiger charge is -2.29. The van der Waals surface area contributed by atoms with Gasteiger partial charge in [0.25, 0.3) is 0 Å². The van der Waals surface area contributed by atoms with Gasteiger partial charge in [0.05, 0.1) is 6.04 Å². The van der Waals surface area contributed by atoms with Crippen molar-refractivity contribution in [1.82, 2.24) is 0 Å². The van der Waals surface area contributed by atoms with Crippen LogP contribution >= 0.6 is 0 Å². The van der Waals surface area contributed by atoms with E-state index in [0.717, 1.165) is 11.5 Å². The number of hydrogen-bond acceptors (Lipinski definition) is 3. The van der Waals surface area contributed by atoms with Crippen molar-refractivity contribution in [2.45, 2.75) is 26.8 Å². The molecule has 1 heterocycles. The lowest BCUT2D eigenvalue weighted by molar-refractivity contribution is 0.441. The zero-order valence-corrected chi connectivity index (χ0v) is 12.1. The average molecular weight is 258 g/mol. The Hall–Kier alpha value is -1.74. The van der Waals surface area contributed by atoms with Gasteiger partial charge in [-0.05, 0) is 44.5 Å². The van der Waals surface area contributed by atoms with Crippen LogP contribution in [0.25, 0.3) is 0 Å². The molecule has 0 saturated carbocycles. The van der Waals surface area contributed by atoms with Gasteiger partial charge >= 0.3 is 0 Å². The molecule has 0 radical (unpaired) electrons. The molecule has 0 bridgehead atoms. The molecule has 19 heavy (non-hydrogen) atoms. The predicted octanol–water partition coefficient (Wildman–Crippen LogP) is 3.34. The highest BCUT2D eigenvalue weighted by Gasteiger charge is 2.20. The minimum Gasteiger partial charge on any atom is -0.464 e. The van der Waals surface area contributed by atoms with Gasteiger partial charge in [0, 0.05) is 19.3 Å². The number of anilines is 1. The molecule has 0 fully saturated rings. The molecule has 2 N–H and O–H groups in total. The van der Waals surface area contributed by atoms with Crippen molar-refractivity contribution in [3.05, 3.63) is 53.0 Å². The second kappa shape index (κ2) is 5.49. The molecule has 0 aliphatic carbocycles. The maximum Gasteiger partial charge on any atom is 0.127 e. The SMILES string of the molecule is Cc1ccc(N(C)C(CN)c2ccc(C)o2)c(C)c1. The van der Waals surface area contributed by atoms with E-state index < -0.39 is 0 Å². The molecular formula is C16H22N2O. The Morgan fingerprint density at radius 3 is 2.42 bits per heavy atom. The van der Waals surface area contributed by atoms with Gasteiger partial charge < -0.3 is 15.1 Å². The molecule has 3 heteroatoms. The first-order valence-electron chi connectivity index (χ1n) is 6.59. The molecule has 1 atom stereocenters. The van der Waals surface area contributed by atoms with Gasteiger partial charge in [-0.25, -0.2) is 0 Å². The predicted molar refractivity (Wildman–Crippen MR) is 79.6 cm³/mol. The van der Waals surface area contributed by atoms with Crippen LogP contribution in [0.15, 0.2) is 34.7 Å². The number of benzene rings is 1. The first-order chi connectivity index (χ1) is 9.02. The molecule has 1 aromatic carbocycles. The highest BCUT2D eigenvalue weighted by atomic mass is 16.3. The summed E-state index contributed by atoms with van der Waals surface area (Å²) in [5.41, 5.74) is 9.65. The first-order valence-corrected chi connectivity index (χ1v) is 6.59. The fraction of sp³-hybridized carbons (Fsp3) is 0.375. The van der Waals surface area contributed by atoms with Gasteiger partial charge in [0.15, 0.2) is 0 Å². The van der Waals surface area contributed by atoms with Crippen molar-refractivity contribution in [2.75, 3.05) is 18.5 Å². The normalized spacial score (nSPS) is 12.5. The quantitative estimate of drug-likeness (QED) is 0.914. The van der Waals surface area contributed by atoms with Crippen molar-refractivity contribution in [2.24, 2.45) is 5.73 Å². The second-order valence-electron chi connectivity index (χ2n) is 5.10. The van der Waals surface area contributed by atoms with Crippen LogP contribution in [0.5, 0.6) is 0 Å². The molecule has 2 aromatic rings. The summed E-state index contributed by atoms with van der Waals surface area (Å²) in [6.45, 7) is 6.71. The molecule has 1 unspecified atom stereocenters. The van der Waals surface area contributed by atoms with Gasteiger partial charge in [-0.2, -0.15) is 0 Å². The molecule has 0 amide bonds. The molecule has 0 spiro atoms. The number of aryl methyl sites for hydroxylation is 3. The van der Waals surface area contributed by atoms with Crippen molar-refractivity contribution < 1.29 is 4.42 Å². The van der Waals surface area contributed by atoms with Crippen molar-refractivity contribution in [3.63, 3.8) is 0 Å². The van der Waals surface area contributed by atoms with Gasteiger partial charge in [-0.15, -0.1) is 0 Å². The minimum atomic E-state index is 0.0649. The Labute approximate surface area is 115 Å². The van der Waals surface area contributed by atoms with E-state index in [-0.39, 0.29) is 6.04 Å². The number of nitrogens with two attached hydrogens (primary N) is 1.